The zero-order valence-electron chi connectivity index (χ0n) is 16.2. The molecule has 0 aliphatic carbocycles. The molecule has 0 spiro atoms. The van der Waals surface area contributed by atoms with Gasteiger partial charge < -0.3 is 4.90 Å². The summed E-state index contributed by atoms with van der Waals surface area (Å²) in [7, 11) is -3.39. The molecule has 2 aromatic rings. The van der Waals surface area contributed by atoms with Gasteiger partial charge in [-0.05, 0) is 31.4 Å². The molecular formula is C19H27N5O2S2. The number of hydrogen-bond acceptors (Lipinski definition) is 7. The summed E-state index contributed by atoms with van der Waals surface area (Å²) >= 11 is 1.74. The van der Waals surface area contributed by atoms with Crippen molar-refractivity contribution in [1.82, 2.24) is 19.2 Å². The van der Waals surface area contributed by atoms with Crippen LogP contribution in [0.2, 0.25) is 0 Å². The summed E-state index contributed by atoms with van der Waals surface area (Å²) in [6, 6.07) is 3.54. The maximum Gasteiger partial charge on any atom is 0.244 e. The van der Waals surface area contributed by atoms with Crippen molar-refractivity contribution < 1.29 is 8.42 Å². The molecule has 2 aliphatic heterocycles. The normalized spacial score (nSPS) is 19.4. The minimum Gasteiger partial charge on any atom is -0.354 e. The fourth-order valence-corrected chi connectivity index (χ4v) is 5.94. The van der Waals surface area contributed by atoms with Crippen molar-refractivity contribution in [3.63, 3.8) is 0 Å². The van der Waals surface area contributed by atoms with Gasteiger partial charge in [-0.3, -0.25) is 4.90 Å². The van der Waals surface area contributed by atoms with Gasteiger partial charge in [0.05, 0.1) is 10.7 Å². The van der Waals surface area contributed by atoms with E-state index in [4.69, 9.17) is 0 Å². The number of aryl methyl sites for hydroxylation is 1. The van der Waals surface area contributed by atoms with Crippen LogP contribution >= 0.6 is 11.3 Å². The average molecular weight is 422 g/mol. The van der Waals surface area contributed by atoms with Crippen molar-refractivity contribution in [3.8, 4) is 0 Å². The van der Waals surface area contributed by atoms with Crippen LogP contribution in [0.3, 0.4) is 0 Å². The van der Waals surface area contributed by atoms with Gasteiger partial charge in [0.25, 0.3) is 0 Å². The lowest BCUT2D eigenvalue weighted by atomic mass is 10.3. The van der Waals surface area contributed by atoms with Gasteiger partial charge in [-0.1, -0.05) is 6.92 Å². The second-order valence-corrected chi connectivity index (χ2v) is 10.2. The molecule has 0 unspecified atom stereocenters. The SMILES string of the molecule is CCc1nc(CN2CCN(c3ccc(S(=O)(=O)N4CCCC4)cn3)CC2)cs1. The lowest BCUT2D eigenvalue weighted by Crippen LogP contribution is -2.46. The Kier molecular flexibility index (Phi) is 5.96. The summed E-state index contributed by atoms with van der Waals surface area (Å²) in [6.07, 6.45) is 4.38. The van der Waals surface area contributed by atoms with E-state index < -0.39 is 10.0 Å². The van der Waals surface area contributed by atoms with Gasteiger partial charge in [-0.25, -0.2) is 18.4 Å². The summed E-state index contributed by atoms with van der Waals surface area (Å²) in [5.41, 5.74) is 1.16. The first-order valence-electron chi connectivity index (χ1n) is 9.93. The number of piperazine rings is 1. The molecule has 0 N–H and O–H groups in total. The number of rotatable bonds is 6. The molecule has 7 nitrogen and oxygen atoms in total. The monoisotopic (exact) mass is 421 g/mol. The number of pyridine rings is 1. The van der Waals surface area contributed by atoms with E-state index in [1.807, 2.05) is 6.07 Å². The first-order valence-corrected chi connectivity index (χ1v) is 12.2. The van der Waals surface area contributed by atoms with Gasteiger partial charge in [-0.2, -0.15) is 4.31 Å². The fraction of sp³-hybridized carbons (Fsp3) is 0.579. The second-order valence-electron chi connectivity index (χ2n) is 7.31. The highest BCUT2D eigenvalue weighted by Crippen LogP contribution is 2.22. The molecule has 2 saturated heterocycles. The lowest BCUT2D eigenvalue weighted by molar-refractivity contribution is 0.247. The van der Waals surface area contributed by atoms with Gasteiger partial charge in [0, 0.05) is 57.4 Å². The predicted molar refractivity (Wildman–Crippen MR) is 111 cm³/mol. The molecule has 0 atom stereocenters. The molecule has 4 rings (SSSR count). The first kappa shape index (κ1) is 19.8. The quantitative estimate of drug-likeness (QED) is 0.712. The van der Waals surface area contributed by atoms with Crippen LogP contribution in [-0.4, -0.2) is 66.9 Å². The molecule has 0 bridgehead atoms. The summed E-state index contributed by atoms with van der Waals surface area (Å²) in [4.78, 5) is 14.0. The molecule has 2 aromatic heterocycles. The summed E-state index contributed by atoms with van der Waals surface area (Å²) in [5.74, 6) is 0.849. The van der Waals surface area contributed by atoms with E-state index in [0.717, 1.165) is 63.5 Å². The highest BCUT2D eigenvalue weighted by atomic mass is 32.2. The number of hydrogen-bond donors (Lipinski definition) is 0. The van der Waals surface area contributed by atoms with Gasteiger partial charge in [-0.15, -0.1) is 11.3 Å². The van der Waals surface area contributed by atoms with Gasteiger partial charge in [0.2, 0.25) is 10.0 Å². The van der Waals surface area contributed by atoms with Crippen LogP contribution in [0.5, 0.6) is 0 Å². The Labute approximate surface area is 171 Å². The average Bonchev–Trinajstić information content (AvgIpc) is 3.41. The van der Waals surface area contributed by atoms with E-state index in [2.05, 4.69) is 32.1 Å². The third kappa shape index (κ3) is 4.22. The topological polar surface area (TPSA) is 69.6 Å². The Balaban J connectivity index is 1.34. The summed E-state index contributed by atoms with van der Waals surface area (Å²) < 4.78 is 26.8. The number of thiazole rings is 1. The van der Waals surface area contributed by atoms with Crippen LogP contribution in [0, 0.1) is 0 Å². The Morgan fingerprint density at radius 2 is 1.82 bits per heavy atom. The molecular weight excluding hydrogens is 394 g/mol. The Hall–Kier alpha value is -1.55. The molecule has 0 radical (unpaired) electrons. The number of anilines is 1. The van der Waals surface area contributed by atoms with Crippen LogP contribution in [0.4, 0.5) is 5.82 Å². The molecule has 152 valence electrons. The van der Waals surface area contributed by atoms with Crippen LogP contribution < -0.4 is 4.90 Å². The third-order valence-electron chi connectivity index (χ3n) is 5.41. The third-order valence-corrected chi connectivity index (χ3v) is 8.33. The second kappa shape index (κ2) is 8.44. The van der Waals surface area contributed by atoms with Gasteiger partial charge in [0.15, 0.2) is 0 Å². The minimum atomic E-state index is -3.39. The standard InChI is InChI=1S/C19H27N5O2S2/c1-2-19-21-16(15-27-19)14-22-9-11-23(12-10-22)18-6-5-17(13-20-18)28(25,26)24-7-3-4-8-24/h5-6,13,15H,2-4,7-12,14H2,1H3. The Morgan fingerprint density at radius 3 is 2.43 bits per heavy atom. The summed E-state index contributed by atoms with van der Waals surface area (Å²) in [5, 5.41) is 3.36. The molecule has 2 aliphatic rings. The van der Waals surface area contributed by atoms with Crippen LogP contribution in [0.1, 0.15) is 30.5 Å². The zero-order chi connectivity index (χ0) is 19.6. The van der Waals surface area contributed by atoms with Crippen molar-refractivity contribution in [2.24, 2.45) is 0 Å². The van der Waals surface area contributed by atoms with Gasteiger partial charge >= 0.3 is 0 Å². The molecule has 4 heterocycles. The van der Waals surface area contributed by atoms with Gasteiger partial charge in [0.1, 0.15) is 10.7 Å². The van der Waals surface area contributed by atoms with E-state index in [9.17, 15) is 8.42 Å². The molecule has 2 fully saturated rings. The van der Waals surface area contributed by atoms with Crippen molar-refractivity contribution in [1.29, 1.82) is 0 Å². The van der Waals surface area contributed by atoms with E-state index in [-0.39, 0.29) is 0 Å². The lowest BCUT2D eigenvalue weighted by Gasteiger charge is -2.35. The smallest absolute Gasteiger partial charge is 0.244 e. The van der Waals surface area contributed by atoms with E-state index in [0.29, 0.717) is 18.0 Å². The Bertz CT molecular complexity index is 883. The maximum absolute atomic E-state index is 12.6. The number of aromatic nitrogens is 2. The van der Waals surface area contributed by atoms with Crippen LogP contribution in [0.25, 0.3) is 0 Å². The number of nitrogens with zero attached hydrogens (tertiary/aromatic N) is 5. The van der Waals surface area contributed by atoms with E-state index >= 15 is 0 Å². The Morgan fingerprint density at radius 1 is 1.07 bits per heavy atom. The number of sulfonamides is 1. The molecule has 28 heavy (non-hydrogen) atoms. The van der Waals surface area contributed by atoms with Crippen molar-refractivity contribution in [2.45, 2.75) is 37.6 Å². The fourth-order valence-electron chi connectivity index (χ4n) is 3.74. The van der Waals surface area contributed by atoms with Crippen LogP contribution in [-0.2, 0) is 23.0 Å². The van der Waals surface area contributed by atoms with Crippen molar-refractivity contribution >= 4 is 27.2 Å². The van der Waals surface area contributed by atoms with Crippen LogP contribution in [0.15, 0.2) is 28.6 Å². The largest absolute Gasteiger partial charge is 0.354 e. The zero-order valence-corrected chi connectivity index (χ0v) is 17.9. The van der Waals surface area contributed by atoms with E-state index in [1.165, 1.54) is 11.2 Å². The molecule has 9 heteroatoms. The minimum absolute atomic E-state index is 0.298. The predicted octanol–water partition coefficient (Wildman–Crippen LogP) is 2.21. The molecule has 0 aromatic carbocycles. The molecule has 0 saturated carbocycles. The van der Waals surface area contributed by atoms with E-state index in [1.54, 1.807) is 21.7 Å². The van der Waals surface area contributed by atoms with Crippen molar-refractivity contribution in [2.75, 3.05) is 44.2 Å². The highest BCUT2D eigenvalue weighted by molar-refractivity contribution is 7.89. The summed E-state index contributed by atoms with van der Waals surface area (Å²) in [6.45, 7) is 7.94. The first-order chi connectivity index (χ1) is 13.6. The van der Waals surface area contributed by atoms with Crippen molar-refractivity contribution in [3.05, 3.63) is 34.4 Å². The highest BCUT2D eigenvalue weighted by Gasteiger charge is 2.27. The maximum atomic E-state index is 12.6. The molecule has 0 amide bonds.